The first-order valence-corrected chi connectivity index (χ1v) is 9.88. The van der Waals surface area contributed by atoms with Gasteiger partial charge in [-0.05, 0) is 31.4 Å². The molecule has 8 heteroatoms. The van der Waals surface area contributed by atoms with Gasteiger partial charge in [-0.15, -0.1) is 0 Å². The number of nitrogens with two attached hydrogens (primary N) is 1. The molecule has 0 bridgehead atoms. The lowest BCUT2D eigenvalue weighted by Gasteiger charge is -2.24. The van der Waals surface area contributed by atoms with Crippen molar-refractivity contribution in [1.82, 2.24) is 9.97 Å². The van der Waals surface area contributed by atoms with Crippen LogP contribution in [0.3, 0.4) is 0 Å². The quantitative estimate of drug-likeness (QED) is 0.696. The number of anilines is 3. The topological polar surface area (TPSA) is 90.5 Å². The molecule has 7 nitrogen and oxygen atoms in total. The van der Waals surface area contributed by atoms with Crippen molar-refractivity contribution < 1.29 is 9.50 Å². The van der Waals surface area contributed by atoms with Gasteiger partial charge in [0.1, 0.15) is 23.8 Å². The minimum absolute atomic E-state index is 0.0612. The van der Waals surface area contributed by atoms with Gasteiger partial charge >= 0.3 is 0 Å². The number of nitrogens with one attached hydrogen (secondary N) is 1. The predicted octanol–water partition coefficient (Wildman–Crippen LogP) is 1.73. The Labute approximate surface area is 164 Å². The lowest BCUT2D eigenvalue weighted by atomic mass is 10.1. The Kier molecular flexibility index (Phi) is 5.59. The Morgan fingerprint density at radius 2 is 2.07 bits per heavy atom. The minimum Gasteiger partial charge on any atom is -0.391 e. The van der Waals surface area contributed by atoms with Crippen molar-refractivity contribution in [3.63, 3.8) is 0 Å². The van der Waals surface area contributed by atoms with Gasteiger partial charge in [-0.25, -0.2) is 14.4 Å². The van der Waals surface area contributed by atoms with Crippen molar-refractivity contribution in [2.24, 2.45) is 5.73 Å². The number of benzene rings is 1. The highest BCUT2D eigenvalue weighted by molar-refractivity contribution is 5.57. The van der Waals surface area contributed by atoms with Gasteiger partial charge in [0, 0.05) is 56.1 Å². The van der Waals surface area contributed by atoms with Crippen LogP contribution < -0.4 is 20.9 Å². The highest BCUT2D eigenvalue weighted by atomic mass is 19.1. The number of aliphatic hydroxyl groups excluding tert-OH is 1. The van der Waals surface area contributed by atoms with Crippen LogP contribution in [0, 0.1) is 5.82 Å². The maximum absolute atomic E-state index is 14.5. The Morgan fingerprint density at radius 1 is 1.25 bits per heavy atom. The lowest BCUT2D eigenvalue weighted by Crippen LogP contribution is -2.36. The molecule has 0 amide bonds. The molecule has 1 aromatic heterocycles. The van der Waals surface area contributed by atoms with Crippen LogP contribution in [0.4, 0.5) is 21.7 Å². The van der Waals surface area contributed by atoms with E-state index < -0.39 is 6.10 Å². The average Bonchev–Trinajstić information content (AvgIpc) is 3.36. The summed E-state index contributed by atoms with van der Waals surface area (Å²) in [6.07, 6.45) is 4.00. The first-order chi connectivity index (χ1) is 13.7. The third-order valence-electron chi connectivity index (χ3n) is 5.60. The fourth-order valence-electron chi connectivity index (χ4n) is 4.15. The maximum atomic E-state index is 14.5. The largest absolute Gasteiger partial charge is 0.391 e. The molecule has 2 aliphatic heterocycles. The molecular weight excluding hydrogens is 359 g/mol. The maximum Gasteiger partial charge on any atom is 0.134 e. The molecule has 2 atom stereocenters. The fourth-order valence-corrected chi connectivity index (χ4v) is 4.15. The number of β-amino-alcohol motifs (C(OH)–C–C–N with tert-alkyl or cyclic N) is 1. The molecule has 0 saturated carbocycles. The summed E-state index contributed by atoms with van der Waals surface area (Å²) in [6.45, 7) is 3.23. The Balaban J connectivity index is 1.50. The Hall–Kier alpha value is -2.45. The molecule has 0 radical (unpaired) electrons. The molecule has 2 aromatic rings. The van der Waals surface area contributed by atoms with Crippen molar-refractivity contribution >= 4 is 17.3 Å². The van der Waals surface area contributed by atoms with Gasteiger partial charge in [0.15, 0.2) is 0 Å². The zero-order valence-corrected chi connectivity index (χ0v) is 15.9. The number of halogens is 1. The first kappa shape index (κ1) is 18.9. The van der Waals surface area contributed by atoms with Crippen LogP contribution >= 0.6 is 0 Å². The molecule has 0 aliphatic carbocycles. The summed E-state index contributed by atoms with van der Waals surface area (Å²) in [7, 11) is 0. The van der Waals surface area contributed by atoms with Gasteiger partial charge in [0.25, 0.3) is 0 Å². The molecule has 1 aromatic carbocycles. The average molecular weight is 386 g/mol. The second-order valence-electron chi connectivity index (χ2n) is 7.48. The lowest BCUT2D eigenvalue weighted by molar-refractivity contribution is 0.194. The van der Waals surface area contributed by atoms with Crippen LogP contribution in [-0.2, 0) is 6.54 Å². The Bertz CT molecular complexity index is 813. The minimum atomic E-state index is -0.402. The summed E-state index contributed by atoms with van der Waals surface area (Å²) in [5, 5.41) is 13.2. The van der Waals surface area contributed by atoms with E-state index in [-0.39, 0.29) is 11.9 Å². The van der Waals surface area contributed by atoms with Gasteiger partial charge in [-0.1, -0.05) is 6.07 Å². The van der Waals surface area contributed by atoms with Crippen molar-refractivity contribution in [2.75, 3.05) is 41.3 Å². The van der Waals surface area contributed by atoms with Crippen molar-refractivity contribution in [3.05, 3.63) is 42.0 Å². The number of aromatic nitrogens is 2. The van der Waals surface area contributed by atoms with Crippen molar-refractivity contribution in [2.45, 2.75) is 38.0 Å². The zero-order chi connectivity index (χ0) is 19.5. The third kappa shape index (κ3) is 3.88. The van der Waals surface area contributed by atoms with Gasteiger partial charge in [-0.3, -0.25) is 0 Å². The number of rotatable bonds is 6. The van der Waals surface area contributed by atoms with E-state index in [0.29, 0.717) is 37.4 Å². The molecule has 28 heavy (non-hydrogen) atoms. The highest BCUT2D eigenvalue weighted by Crippen LogP contribution is 2.28. The van der Waals surface area contributed by atoms with E-state index in [1.54, 1.807) is 6.07 Å². The van der Waals surface area contributed by atoms with E-state index in [4.69, 9.17) is 5.73 Å². The van der Waals surface area contributed by atoms with Crippen LogP contribution in [0.2, 0.25) is 0 Å². The van der Waals surface area contributed by atoms with Gasteiger partial charge in [0.05, 0.1) is 6.10 Å². The molecule has 2 aliphatic rings. The van der Waals surface area contributed by atoms with Crippen LogP contribution in [0.15, 0.2) is 30.6 Å². The summed E-state index contributed by atoms with van der Waals surface area (Å²) in [5.74, 6) is 1.13. The zero-order valence-electron chi connectivity index (χ0n) is 15.9. The van der Waals surface area contributed by atoms with E-state index in [2.05, 4.69) is 20.2 Å². The molecular formula is C20H27FN6O. The molecule has 4 rings (SSSR count). The summed E-state index contributed by atoms with van der Waals surface area (Å²) in [5.41, 5.74) is 7.43. The number of hydrogen-bond donors (Lipinski definition) is 3. The van der Waals surface area contributed by atoms with Crippen LogP contribution in [-0.4, -0.2) is 53.4 Å². The van der Waals surface area contributed by atoms with Crippen molar-refractivity contribution in [3.8, 4) is 0 Å². The summed E-state index contributed by atoms with van der Waals surface area (Å²) in [4.78, 5) is 12.9. The molecule has 0 unspecified atom stereocenters. The summed E-state index contributed by atoms with van der Waals surface area (Å²) in [6, 6.07) is 7.14. The monoisotopic (exact) mass is 386 g/mol. The summed E-state index contributed by atoms with van der Waals surface area (Å²) < 4.78 is 14.5. The second kappa shape index (κ2) is 8.28. The summed E-state index contributed by atoms with van der Waals surface area (Å²) >= 11 is 0. The molecule has 4 N–H and O–H groups in total. The number of aliphatic hydroxyl groups is 1. The van der Waals surface area contributed by atoms with Crippen LogP contribution in [0.1, 0.15) is 24.8 Å². The number of nitrogens with zero attached hydrogens (tertiary/aromatic N) is 4. The fraction of sp³-hybridized carbons (Fsp3) is 0.500. The second-order valence-corrected chi connectivity index (χ2v) is 7.48. The van der Waals surface area contributed by atoms with Crippen LogP contribution in [0.5, 0.6) is 0 Å². The molecule has 2 fully saturated rings. The van der Waals surface area contributed by atoms with E-state index >= 15 is 0 Å². The van der Waals surface area contributed by atoms with Gasteiger partial charge in [0.2, 0.25) is 0 Å². The molecule has 150 valence electrons. The van der Waals surface area contributed by atoms with Gasteiger partial charge in [-0.2, -0.15) is 0 Å². The Morgan fingerprint density at radius 3 is 2.86 bits per heavy atom. The predicted molar refractivity (Wildman–Crippen MR) is 108 cm³/mol. The normalized spacial score (nSPS) is 22.1. The molecule has 3 heterocycles. The number of hydrogen-bond acceptors (Lipinski definition) is 7. The first-order valence-electron chi connectivity index (χ1n) is 9.88. The van der Waals surface area contributed by atoms with E-state index in [1.807, 2.05) is 17.0 Å². The molecule has 2 saturated heterocycles. The van der Waals surface area contributed by atoms with E-state index in [0.717, 1.165) is 37.4 Å². The van der Waals surface area contributed by atoms with Gasteiger partial charge < -0.3 is 26.0 Å². The standard InChI is InChI=1S/C20H27FN6O/c21-17-4-3-5-18(26-6-1-2-7-26)16(17)11-23-19-9-20(25-13-24-19)27-12-15(28)8-14(27)10-22/h3-5,9,13-15,28H,1-2,6-8,10-12,22H2,(H,23,24,25)/t14-,15-/m1/s1. The van der Waals surface area contributed by atoms with E-state index in [1.165, 1.54) is 12.4 Å². The van der Waals surface area contributed by atoms with Crippen molar-refractivity contribution in [1.29, 1.82) is 0 Å². The molecule has 0 spiro atoms. The highest BCUT2D eigenvalue weighted by Gasteiger charge is 2.31. The van der Waals surface area contributed by atoms with E-state index in [9.17, 15) is 9.50 Å². The smallest absolute Gasteiger partial charge is 0.134 e. The third-order valence-corrected chi connectivity index (χ3v) is 5.60. The SMILES string of the molecule is NC[C@H]1C[C@@H](O)CN1c1cc(NCc2c(F)cccc2N2CCCC2)ncn1. The van der Waals surface area contributed by atoms with Crippen LogP contribution in [0.25, 0.3) is 0 Å².